The summed E-state index contributed by atoms with van der Waals surface area (Å²) in [7, 11) is 1.71. The monoisotopic (exact) mass is 309 g/mol. The number of hydrogen-bond donors (Lipinski definition) is 1. The van der Waals surface area contributed by atoms with Crippen LogP contribution in [0.2, 0.25) is 0 Å². The van der Waals surface area contributed by atoms with E-state index in [9.17, 15) is 9.18 Å². The van der Waals surface area contributed by atoms with Gasteiger partial charge in [0.05, 0.1) is 11.1 Å². The molecule has 0 atom stereocenters. The van der Waals surface area contributed by atoms with Gasteiger partial charge in [0.15, 0.2) is 0 Å². The van der Waals surface area contributed by atoms with Crippen LogP contribution in [0, 0.1) is 5.82 Å². The van der Waals surface area contributed by atoms with Gasteiger partial charge in [-0.1, -0.05) is 18.2 Å². The zero-order valence-corrected chi connectivity index (χ0v) is 12.7. The van der Waals surface area contributed by atoms with Gasteiger partial charge >= 0.3 is 0 Å². The van der Waals surface area contributed by atoms with Crippen molar-refractivity contribution in [2.24, 2.45) is 0 Å². The van der Waals surface area contributed by atoms with E-state index in [1.54, 1.807) is 29.6 Å². The Balaban J connectivity index is 2.09. The smallest absolute Gasteiger partial charge is 0.283 e. The van der Waals surface area contributed by atoms with Crippen LogP contribution in [0.25, 0.3) is 16.6 Å². The maximum Gasteiger partial charge on any atom is 0.283 e. The second-order valence-corrected chi connectivity index (χ2v) is 5.84. The minimum Gasteiger partial charge on any atom is -0.358 e. The molecule has 1 fully saturated rings. The van der Waals surface area contributed by atoms with Crippen LogP contribution in [0.4, 0.5) is 10.3 Å². The number of benzene rings is 1. The summed E-state index contributed by atoms with van der Waals surface area (Å²) in [6.45, 7) is 0. The summed E-state index contributed by atoms with van der Waals surface area (Å²) in [5.74, 6) is 0.588. The Bertz CT molecular complexity index is 960. The first-order chi connectivity index (χ1) is 11.2. The average molecular weight is 309 g/mol. The Morgan fingerprint density at radius 1 is 1.26 bits per heavy atom. The lowest BCUT2D eigenvalue weighted by Crippen LogP contribution is -2.17. The molecule has 1 saturated carbocycles. The maximum atomic E-state index is 14.2. The van der Waals surface area contributed by atoms with Crippen LogP contribution in [0.1, 0.15) is 24.3 Å². The first-order valence-corrected chi connectivity index (χ1v) is 7.68. The standard InChI is InChI=1S/C18H16FN3O/c1-20-18-21-17(23)16(13-4-2-3-5-14(13)19)15-10-12(11-6-7-11)8-9-22(15)18/h2-5,8-11H,6-7H2,1H3,(H,20,21,23). The molecule has 0 bridgehead atoms. The van der Waals surface area contributed by atoms with Gasteiger partial charge in [0, 0.05) is 18.8 Å². The van der Waals surface area contributed by atoms with Crippen LogP contribution in [0.5, 0.6) is 0 Å². The number of aromatic nitrogens is 2. The van der Waals surface area contributed by atoms with Crippen LogP contribution in [0.3, 0.4) is 0 Å². The van der Waals surface area contributed by atoms with Crippen molar-refractivity contribution in [3.05, 3.63) is 64.3 Å². The molecule has 0 aliphatic heterocycles. The molecule has 0 radical (unpaired) electrons. The zero-order chi connectivity index (χ0) is 16.0. The van der Waals surface area contributed by atoms with Gasteiger partial charge in [-0.25, -0.2) is 4.39 Å². The molecule has 1 aromatic carbocycles. The molecule has 0 amide bonds. The molecule has 116 valence electrons. The molecule has 2 aromatic heterocycles. The highest BCUT2D eigenvalue weighted by Gasteiger charge is 2.25. The van der Waals surface area contributed by atoms with Gasteiger partial charge in [-0.2, -0.15) is 4.98 Å². The van der Waals surface area contributed by atoms with E-state index in [4.69, 9.17) is 0 Å². The van der Waals surface area contributed by atoms with Crippen LogP contribution in [0.15, 0.2) is 47.4 Å². The lowest BCUT2D eigenvalue weighted by Gasteiger charge is -2.13. The Morgan fingerprint density at radius 3 is 2.74 bits per heavy atom. The molecule has 0 spiro atoms. The number of nitrogens with zero attached hydrogens (tertiary/aromatic N) is 2. The zero-order valence-electron chi connectivity index (χ0n) is 12.7. The number of anilines is 1. The van der Waals surface area contributed by atoms with E-state index >= 15 is 0 Å². The number of rotatable bonds is 3. The maximum absolute atomic E-state index is 14.2. The molecule has 23 heavy (non-hydrogen) atoms. The molecule has 1 aliphatic rings. The van der Waals surface area contributed by atoms with Crippen molar-refractivity contribution in [1.29, 1.82) is 0 Å². The molecular weight excluding hydrogens is 293 g/mol. The second kappa shape index (κ2) is 5.19. The molecule has 0 saturated heterocycles. The summed E-state index contributed by atoms with van der Waals surface area (Å²) < 4.78 is 16.0. The minimum absolute atomic E-state index is 0.290. The molecule has 5 heteroatoms. The van der Waals surface area contributed by atoms with E-state index in [2.05, 4.69) is 10.3 Å². The van der Waals surface area contributed by atoms with E-state index in [0.717, 1.165) is 0 Å². The van der Waals surface area contributed by atoms with Gasteiger partial charge in [0.2, 0.25) is 5.95 Å². The van der Waals surface area contributed by atoms with E-state index in [0.29, 0.717) is 22.9 Å². The van der Waals surface area contributed by atoms with Crippen LogP contribution in [-0.2, 0) is 0 Å². The fourth-order valence-corrected chi connectivity index (χ4v) is 2.97. The first-order valence-electron chi connectivity index (χ1n) is 7.68. The van der Waals surface area contributed by atoms with Crippen molar-refractivity contribution in [3.63, 3.8) is 0 Å². The Hall–Kier alpha value is -2.69. The van der Waals surface area contributed by atoms with E-state index in [-0.39, 0.29) is 5.56 Å². The summed E-state index contributed by atoms with van der Waals surface area (Å²) in [6, 6.07) is 10.4. The van der Waals surface area contributed by atoms with Crippen LogP contribution < -0.4 is 10.9 Å². The Morgan fingerprint density at radius 2 is 2.04 bits per heavy atom. The number of halogens is 1. The van der Waals surface area contributed by atoms with Crippen molar-refractivity contribution in [2.45, 2.75) is 18.8 Å². The normalized spacial score (nSPS) is 14.2. The third-order valence-corrected chi connectivity index (χ3v) is 4.30. The topological polar surface area (TPSA) is 46.4 Å². The highest BCUT2D eigenvalue weighted by Crippen LogP contribution is 2.41. The quantitative estimate of drug-likeness (QED) is 0.806. The van der Waals surface area contributed by atoms with Crippen molar-refractivity contribution < 1.29 is 4.39 Å². The van der Waals surface area contributed by atoms with Crippen LogP contribution in [-0.4, -0.2) is 16.4 Å². The third-order valence-electron chi connectivity index (χ3n) is 4.30. The van der Waals surface area contributed by atoms with E-state index < -0.39 is 11.4 Å². The first kappa shape index (κ1) is 13.9. The summed E-state index contributed by atoms with van der Waals surface area (Å²) >= 11 is 0. The van der Waals surface area contributed by atoms with Gasteiger partial charge < -0.3 is 5.32 Å². The molecule has 0 unspecified atom stereocenters. The van der Waals surface area contributed by atoms with Crippen molar-refractivity contribution in [2.75, 3.05) is 12.4 Å². The molecule has 4 nitrogen and oxygen atoms in total. The summed E-state index contributed by atoms with van der Waals surface area (Å²) in [5, 5.41) is 2.93. The molecule has 3 aromatic rings. The Labute approximate surface area is 132 Å². The predicted molar refractivity (Wildman–Crippen MR) is 88.4 cm³/mol. The summed E-state index contributed by atoms with van der Waals surface area (Å²) in [5.41, 5.74) is 2.05. The van der Waals surface area contributed by atoms with E-state index in [1.807, 2.05) is 18.3 Å². The number of pyridine rings is 1. The van der Waals surface area contributed by atoms with Crippen molar-refractivity contribution >= 4 is 11.5 Å². The Kier molecular flexibility index (Phi) is 3.15. The third kappa shape index (κ3) is 2.29. The second-order valence-electron chi connectivity index (χ2n) is 5.84. The number of fused-ring (bicyclic) bond motifs is 1. The number of nitrogens with one attached hydrogen (secondary N) is 1. The predicted octanol–water partition coefficient (Wildman–Crippen LogP) is 3.42. The molecule has 1 aliphatic carbocycles. The summed E-state index contributed by atoms with van der Waals surface area (Å²) in [6.07, 6.45) is 4.23. The lowest BCUT2D eigenvalue weighted by atomic mass is 10.0. The molecule has 1 N–H and O–H groups in total. The highest BCUT2D eigenvalue weighted by atomic mass is 19.1. The molecule has 4 rings (SSSR count). The van der Waals surface area contributed by atoms with Crippen molar-refractivity contribution in [1.82, 2.24) is 9.38 Å². The van der Waals surface area contributed by atoms with Gasteiger partial charge in [0.1, 0.15) is 5.82 Å². The molecule has 2 heterocycles. The largest absolute Gasteiger partial charge is 0.358 e. The number of hydrogen-bond acceptors (Lipinski definition) is 3. The van der Waals surface area contributed by atoms with Gasteiger partial charge in [-0.15, -0.1) is 0 Å². The molecular formula is C18H16FN3O. The van der Waals surface area contributed by atoms with Gasteiger partial charge in [0.25, 0.3) is 5.56 Å². The van der Waals surface area contributed by atoms with E-state index in [1.165, 1.54) is 24.5 Å². The van der Waals surface area contributed by atoms with Crippen molar-refractivity contribution in [3.8, 4) is 11.1 Å². The fraction of sp³-hybridized carbons (Fsp3) is 0.222. The minimum atomic E-state index is -0.424. The average Bonchev–Trinajstić information content (AvgIpc) is 3.40. The fourth-order valence-electron chi connectivity index (χ4n) is 2.97. The highest BCUT2D eigenvalue weighted by molar-refractivity contribution is 5.81. The SMILES string of the molecule is CNc1nc(=O)c(-c2ccccc2F)c2cc(C3CC3)ccn12. The summed E-state index contributed by atoms with van der Waals surface area (Å²) in [4.78, 5) is 16.6. The van der Waals surface area contributed by atoms with Crippen LogP contribution >= 0.6 is 0 Å². The van der Waals surface area contributed by atoms with Gasteiger partial charge in [-0.3, -0.25) is 9.20 Å². The lowest BCUT2D eigenvalue weighted by molar-refractivity contribution is 0.631. The van der Waals surface area contributed by atoms with Gasteiger partial charge in [-0.05, 0) is 42.5 Å².